The molecule has 2 N–H and O–H groups in total. The fourth-order valence-electron chi connectivity index (χ4n) is 4.59. The van der Waals surface area contributed by atoms with E-state index in [0.29, 0.717) is 51.4 Å². The second-order valence-corrected chi connectivity index (χ2v) is 12.0. The van der Waals surface area contributed by atoms with Crippen molar-refractivity contribution in [3.05, 3.63) is 87.9 Å². The molecule has 0 radical (unpaired) electrons. The van der Waals surface area contributed by atoms with Crippen molar-refractivity contribution >= 4 is 37.3 Å². The number of alkyl halides is 3. The normalized spacial score (nSPS) is 17.7. The van der Waals surface area contributed by atoms with E-state index in [-0.39, 0.29) is 18.2 Å². The van der Waals surface area contributed by atoms with Crippen LogP contribution < -0.4 is 9.46 Å². The summed E-state index contributed by atoms with van der Waals surface area (Å²) in [6.45, 7) is 0.0571. The van der Waals surface area contributed by atoms with Crippen LogP contribution in [0.4, 0.5) is 27.6 Å². The Morgan fingerprint density at radius 1 is 1.08 bits per heavy atom. The van der Waals surface area contributed by atoms with E-state index in [1.807, 2.05) is 6.07 Å². The molecule has 3 aromatic carbocycles. The Morgan fingerprint density at radius 3 is 2.62 bits per heavy atom. The molecule has 0 fully saturated rings. The Kier molecular flexibility index (Phi) is 7.25. The first kappa shape index (κ1) is 27.3. The van der Waals surface area contributed by atoms with E-state index < -0.39 is 33.3 Å². The summed E-state index contributed by atoms with van der Waals surface area (Å²) in [4.78, 5) is 4.27. The minimum atomic E-state index is -5.54. The van der Waals surface area contributed by atoms with Crippen LogP contribution in [-0.4, -0.2) is 24.0 Å². The molecule has 0 spiro atoms. The number of fused-ring (bicyclic) bond motifs is 2. The van der Waals surface area contributed by atoms with E-state index in [1.54, 1.807) is 18.2 Å². The van der Waals surface area contributed by atoms with Crippen LogP contribution in [0, 0.1) is 17.6 Å². The van der Waals surface area contributed by atoms with Crippen LogP contribution in [0.3, 0.4) is 0 Å². The number of benzene rings is 3. The molecule has 6 nitrogen and oxygen atoms in total. The number of rotatable bonds is 7. The molecule has 2 atom stereocenters. The third-order valence-electron chi connectivity index (χ3n) is 6.49. The zero-order valence-electron chi connectivity index (χ0n) is 20.0. The molecule has 4 aromatic rings. The van der Waals surface area contributed by atoms with Gasteiger partial charge in [-0.05, 0) is 72.2 Å². The van der Waals surface area contributed by atoms with Crippen molar-refractivity contribution in [3.8, 4) is 5.75 Å². The van der Waals surface area contributed by atoms with Gasteiger partial charge in [0, 0.05) is 11.8 Å². The minimum absolute atomic E-state index is 0.0571. The maximum absolute atomic E-state index is 13.5. The number of halogens is 5. The molecule has 2 unspecified atom stereocenters. The monoisotopic (exact) mass is 584 g/mol. The molecular formula is C26H21F5N2O4S2. The standard InChI is InChI=1S/C26H21F5N2O4S2/c27-20-11-22-23(12-21(20)28)38-24(32-22)13-37-18-7-6-15-4-5-16(25(34)19(15)10-18)8-14-2-1-3-17(9-14)33-39(35,36)26(29,30)31/h1-3,6-7,9-12,16,25,33-34H,4-5,8,13H2. The summed E-state index contributed by atoms with van der Waals surface area (Å²) in [5.41, 5.74) is -3.16. The third kappa shape index (κ3) is 5.85. The number of ether oxygens (including phenoxy) is 1. The number of aryl methyl sites for hydroxylation is 1. The minimum Gasteiger partial charge on any atom is -0.486 e. The average Bonchev–Trinajstić information content (AvgIpc) is 3.25. The molecule has 0 saturated heterocycles. The van der Waals surface area contributed by atoms with Gasteiger partial charge in [-0.1, -0.05) is 18.2 Å². The van der Waals surface area contributed by atoms with Gasteiger partial charge in [-0.25, -0.2) is 13.8 Å². The van der Waals surface area contributed by atoms with Gasteiger partial charge in [0.1, 0.15) is 17.4 Å². The van der Waals surface area contributed by atoms with Crippen molar-refractivity contribution < 1.29 is 40.2 Å². The number of hydrogen-bond donors (Lipinski definition) is 2. The molecule has 1 aliphatic rings. The van der Waals surface area contributed by atoms with Gasteiger partial charge >= 0.3 is 15.5 Å². The highest BCUT2D eigenvalue weighted by Gasteiger charge is 2.46. The fourth-order valence-corrected chi connectivity index (χ4v) is 6.03. The zero-order valence-corrected chi connectivity index (χ0v) is 21.6. The lowest BCUT2D eigenvalue weighted by Crippen LogP contribution is -2.30. The Bertz CT molecular complexity index is 1600. The van der Waals surface area contributed by atoms with Gasteiger partial charge in [-0.2, -0.15) is 21.6 Å². The third-order valence-corrected chi connectivity index (χ3v) is 8.59. The van der Waals surface area contributed by atoms with E-state index in [1.165, 1.54) is 34.3 Å². The van der Waals surface area contributed by atoms with E-state index in [2.05, 4.69) is 4.98 Å². The second-order valence-electron chi connectivity index (χ2n) is 9.19. The predicted octanol–water partition coefficient (Wildman–Crippen LogP) is 6.25. The number of hydrogen-bond acceptors (Lipinski definition) is 6. The summed E-state index contributed by atoms with van der Waals surface area (Å²) in [6, 6.07) is 13.1. The molecule has 39 heavy (non-hydrogen) atoms. The number of nitrogens with one attached hydrogen (secondary N) is 1. The van der Waals surface area contributed by atoms with Gasteiger partial charge in [0.05, 0.1) is 16.3 Å². The molecule has 206 valence electrons. The van der Waals surface area contributed by atoms with Gasteiger partial charge in [0.2, 0.25) is 0 Å². The van der Waals surface area contributed by atoms with Crippen molar-refractivity contribution in [2.45, 2.75) is 37.5 Å². The molecule has 13 heteroatoms. The first-order valence-electron chi connectivity index (χ1n) is 11.8. The average molecular weight is 585 g/mol. The maximum Gasteiger partial charge on any atom is 0.516 e. The van der Waals surface area contributed by atoms with Gasteiger partial charge < -0.3 is 9.84 Å². The number of aromatic nitrogens is 1. The first-order valence-corrected chi connectivity index (χ1v) is 14.1. The molecule has 0 saturated carbocycles. The Morgan fingerprint density at radius 2 is 1.85 bits per heavy atom. The molecule has 1 aliphatic carbocycles. The summed E-state index contributed by atoms with van der Waals surface area (Å²) < 4.78 is 95.9. The van der Waals surface area contributed by atoms with Crippen LogP contribution in [0.2, 0.25) is 0 Å². The lowest BCUT2D eigenvalue weighted by molar-refractivity contribution is -0.0429. The number of anilines is 1. The second kappa shape index (κ2) is 10.4. The van der Waals surface area contributed by atoms with Crippen molar-refractivity contribution in [2.75, 3.05) is 4.72 Å². The van der Waals surface area contributed by atoms with Crippen LogP contribution >= 0.6 is 11.3 Å². The summed E-state index contributed by atoms with van der Waals surface area (Å²) >= 11 is 1.18. The van der Waals surface area contributed by atoms with Crippen LogP contribution in [0.1, 0.15) is 34.2 Å². The Hall–Kier alpha value is -3.29. The molecule has 1 heterocycles. The van der Waals surface area contributed by atoms with Crippen LogP contribution in [0.15, 0.2) is 54.6 Å². The quantitative estimate of drug-likeness (QED) is 0.251. The molecule has 1 aromatic heterocycles. The van der Waals surface area contributed by atoms with Crippen molar-refractivity contribution in [1.29, 1.82) is 0 Å². The first-order chi connectivity index (χ1) is 18.4. The highest BCUT2D eigenvalue weighted by molar-refractivity contribution is 7.93. The van der Waals surface area contributed by atoms with Gasteiger partial charge in [-0.3, -0.25) is 4.72 Å². The van der Waals surface area contributed by atoms with Gasteiger partial charge in [0.15, 0.2) is 11.6 Å². The van der Waals surface area contributed by atoms with Crippen LogP contribution in [0.5, 0.6) is 5.75 Å². The highest BCUT2D eigenvalue weighted by Crippen LogP contribution is 2.39. The lowest BCUT2D eigenvalue weighted by atomic mass is 9.78. The smallest absolute Gasteiger partial charge is 0.486 e. The number of aliphatic hydroxyl groups is 1. The number of nitrogens with zero attached hydrogens (tertiary/aromatic N) is 1. The Balaban J connectivity index is 1.27. The summed E-state index contributed by atoms with van der Waals surface area (Å²) in [6.07, 6.45) is 0.700. The topological polar surface area (TPSA) is 88.5 Å². The van der Waals surface area contributed by atoms with Gasteiger partial charge in [-0.15, -0.1) is 11.3 Å². The lowest BCUT2D eigenvalue weighted by Gasteiger charge is -2.30. The molecule has 0 amide bonds. The Labute approximate surface area is 224 Å². The number of sulfonamides is 1. The van der Waals surface area contributed by atoms with Crippen molar-refractivity contribution in [3.63, 3.8) is 0 Å². The summed E-state index contributed by atoms with van der Waals surface area (Å²) in [7, 11) is -5.54. The molecule has 0 bridgehead atoms. The SMILES string of the molecule is O=S(=O)(Nc1cccc(CC2CCc3ccc(OCc4nc5cc(F)c(F)cc5s4)cc3C2O)c1)C(F)(F)F. The predicted molar refractivity (Wildman–Crippen MR) is 136 cm³/mol. The van der Waals surface area contributed by atoms with Crippen LogP contribution in [0.25, 0.3) is 10.2 Å². The number of thiazole rings is 1. The molecular weight excluding hydrogens is 563 g/mol. The van der Waals surface area contributed by atoms with E-state index >= 15 is 0 Å². The fraction of sp³-hybridized carbons (Fsp3) is 0.269. The summed E-state index contributed by atoms with van der Waals surface area (Å²) in [5.74, 6) is -1.73. The van der Waals surface area contributed by atoms with E-state index in [9.17, 15) is 35.5 Å². The van der Waals surface area contributed by atoms with E-state index in [0.717, 1.165) is 17.7 Å². The van der Waals surface area contributed by atoms with Crippen molar-refractivity contribution in [1.82, 2.24) is 4.98 Å². The largest absolute Gasteiger partial charge is 0.516 e. The van der Waals surface area contributed by atoms with Gasteiger partial charge in [0.25, 0.3) is 0 Å². The summed E-state index contributed by atoms with van der Waals surface area (Å²) in [5, 5.41) is 11.6. The van der Waals surface area contributed by atoms with Crippen LogP contribution in [-0.2, 0) is 29.5 Å². The maximum atomic E-state index is 13.5. The number of aliphatic hydroxyl groups excluding tert-OH is 1. The molecule has 0 aliphatic heterocycles. The van der Waals surface area contributed by atoms with E-state index in [4.69, 9.17) is 4.74 Å². The highest BCUT2D eigenvalue weighted by atomic mass is 32.2. The molecule has 5 rings (SSSR count). The van der Waals surface area contributed by atoms with Crippen molar-refractivity contribution in [2.24, 2.45) is 5.92 Å². The zero-order chi connectivity index (χ0) is 27.9.